The highest BCUT2D eigenvalue weighted by molar-refractivity contribution is 7.88. The van der Waals surface area contributed by atoms with Crippen LogP contribution in [0.4, 0.5) is 0 Å². The van der Waals surface area contributed by atoms with E-state index in [2.05, 4.69) is 16.3 Å². The molecule has 2 aromatic carbocycles. The Morgan fingerprint density at radius 1 is 1.09 bits per heavy atom. The Balaban J connectivity index is 1.75. The van der Waals surface area contributed by atoms with Crippen LogP contribution < -0.4 is 5.32 Å². The molecule has 1 unspecified atom stereocenters. The van der Waals surface area contributed by atoms with Gasteiger partial charge in [-0.15, -0.1) is 0 Å². The second-order valence-electron chi connectivity index (χ2n) is 9.06. The smallest absolute Gasteiger partial charge is 0.230 e. The maximum Gasteiger partial charge on any atom is 0.230 e. The SMILES string of the molecule is CC(CCN1CCCN(S(C)(=O)=O)CC1)(C(=O)NCc1ccc(C#N)cc1)c1ccc(Cl)c(Cl)c1. The summed E-state index contributed by atoms with van der Waals surface area (Å²) < 4.78 is 25.4. The molecule has 10 heteroatoms. The fourth-order valence-electron chi connectivity index (χ4n) is 4.19. The average Bonchev–Trinajstić information content (AvgIpc) is 3.09. The number of rotatable bonds is 8. The molecule has 1 aliphatic rings. The quantitative estimate of drug-likeness (QED) is 0.553. The minimum atomic E-state index is -3.22. The molecule has 0 bridgehead atoms. The van der Waals surface area contributed by atoms with E-state index >= 15 is 0 Å². The van der Waals surface area contributed by atoms with Gasteiger partial charge in [-0.2, -0.15) is 5.26 Å². The van der Waals surface area contributed by atoms with Gasteiger partial charge >= 0.3 is 0 Å². The normalized spacial score (nSPS) is 17.2. The first-order valence-corrected chi connectivity index (χ1v) is 14.0. The predicted octanol–water partition coefficient (Wildman–Crippen LogP) is 3.80. The van der Waals surface area contributed by atoms with Gasteiger partial charge in [0, 0.05) is 26.2 Å². The lowest BCUT2D eigenvalue weighted by molar-refractivity contribution is -0.126. The van der Waals surface area contributed by atoms with Crippen molar-refractivity contribution in [3.63, 3.8) is 0 Å². The zero-order valence-corrected chi connectivity index (χ0v) is 22.3. The van der Waals surface area contributed by atoms with E-state index in [1.165, 1.54) is 10.6 Å². The Bertz CT molecular complexity index is 1200. The first-order chi connectivity index (χ1) is 16.5. The summed E-state index contributed by atoms with van der Waals surface area (Å²) in [5, 5.41) is 12.8. The van der Waals surface area contributed by atoms with E-state index < -0.39 is 15.4 Å². The second kappa shape index (κ2) is 11.7. The molecule has 1 aliphatic heterocycles. The van der Waals surface area contributed by atoms with Gasteiger partial charge in [-0.1, -0.05) is 41.4 Å². The van der Waals surface area contributed by atoms with Crippen LogP contribution in [-0.4, -0.2) is 62.5 Å². The number of nitrogens with one attached hydrogen (secondary N) is 1. The summed E-state index contributed by atoms with van der Waals surface area (Å²) in [5.41, 5.74) is 1.33. The molecule has 0 radical (unpaired) electrons. The van der Waals surface area contributed by atoms with Gasteiger partial charge in [0.05, 0.1) is 33.3 Å². The lowest BCUT2D eigenvalue weighted by atomic mass is 9.78. The van der Waals surface area contributed by atoms with Gasteiger partial charge < -0.3 is 10.2 Å². The van der Waals surface area contributed by atoms with Crippen molar-refractivity contribution in [3.8, 4) is 6.07 Å². The van der Waals surface area contributed by atoms with Gasteiger partial charge in [0.1, 0.15) is 0 Å². The minimum Gasteiger partial charge on any atom is -0.351 e. The van der Waals surface area contributed by atoms with Crippen LogP contribution in [0.25, 0.3) is 0 Å². The van der Waals surface area contributed by atoms with E-state index in [4.69, 9.17) is 28.5 Å². The number of nitriles is 1. The number of nitrogens with zero attached hydrogens (tertiary/aromatic N) is 3. The van der Waals surface area contributed by atoms with Gasteiger partial charge in [0.15, 0.2) is 0 Å². The van der Waals surface area contributed by atoms with E-state index in [9.17, 15) is 13.2 Å². The van der Waals surface area contributed by atoms with Crippen LogP contribution in [0.2, 0.25) is 10.0 Å². The molecule has 3 rings (SSSR count). The third-order valence-electron chi connectivity index (χ3n) is 6.54. The number of halogens is 2. The van der Waals surface area contributed by atoms with Gasteiger partial charge in [0.25, 0.3) is 0 Å². The van der Waals surface area contributed by atoms with Crippen molar-refractivity contribution in [2.45, 2.75) is 31.7 Å². The number of amides is 1. The van der Waals surface area contributed by atoms with Crippen molar-refractivity contribution in [3.05, 3.63) is 69.2 Å². The Morgan fingerprint density at radius 2 is 1.80 bits per heavy atom. The number of carbonyl (C=O) groups excluding carboxylic acids is 1. The average molecular weight is 538 g/mol. The van der Waals surface area contributed by atoms with E-state index in [0.717, 1.165) is 24.1 Å². The lowest BCUT2D eigenvalue weighted by Crippen LogP contribution is -2.44. The lowest BCUT2D eigenvalue weighted by Gasteiger charge is -2.32. The predicted molar refractivity (Wildman–Crippen MR) is 139 cm³/mol. The number of hydrogen-bond acceptors (Lipinski definition) is 5. The van der Waals surface area contributed by atoms with Gasteiger partial charge in [-0.3, -0.25) is 4.79 Å². The second-order valence-corrected chi connectivity index (χ2v) is 11.9. The van der Waals surface area contributed by atoms with E-state index in [1.807, 2.05) is 25.1 Å². The first-order valence-electron chi connectivity index (χ1n) is 11.4. The molecule has 1 fully saturated rings. The summed E-state index contributed by atoms with van der Waals surface area (Å²) in [5.74, 6) is -0.146. The number of benzene rings is 2. The zero-order valence-electron chi connectivity index (χ0n) is 19.9. The van der Waals surface area contributed by atoms with Crippen LogP contribution in [0.5, 0.6) is 0 Å². The maximum absolute atomic E-state index is 13.5. The van der Waals surface area contributed by atoms with Crippen molar-refractivity contribution >= 4 is 39.1 Å². The largest absolute Gasteiger partial charge is 0.351 e. The number of hydrogen-bond donors (Lipinski definition) is 1. The summed E-state index contributed by atoms with van der Waals surface area (Å²) in [6.45, 7) is 5.15. The summed E-state index contributed by atoms with van der Waals surface area (Å²) in [6.07, 6.45) is 2.49. The first kappa shape index (κ1) is 27.4. The topological polar surface area (TPSA) is 93.5 Å². The molecule has 1 amide bonds. The molecule has 1 atom stereocenters. The highest BCUT2D eigenvalue weighted by atomic mass is 35.5. The molecule has 0 saturated carbocycles. The van der Waals surface area contributed by atoms with E-state index in [1.54, 1.807) is 24.3 Å². The maximum atomic E-state index is 13.5. The number of carbonyl (C=O) groups is 1. The molecule has 0 aliphatic carbocycles. The Morgan fingerprint density at radius 3 is 2.43 bits per heavy atom. The van der Waals surface area contributed by atoms with Crippen molar-refractivity contribution in [2.75, 3.05) is 39.0 Å². The molecule has 1 N–H and O–H groups in total. The molecular formula is C25H30Cl2N4O3S. The van der Waals surface area contributed by atoms with Crippen LogP contribution in [0.15, 0.2) is 42.5 Å². The summed E-state index contributed by atoms with van der Waals surface area (Å²) >= 11 is 12.4. The molecule has 188 valence electrons. The minimum absolute atomic E-state index is 0.146. The van der Waals surface area contributed by atoms with Gasteiger partial charge in [-0.25, -0.2) is 12.7 Å². The standard InChI is InChI=1S/C25H30Cl2N4O3S/c1-25(21-8-9-22(26)23(27)16-21,24(32)29-18-20-6-4-19(17-28)5-7-20)10-13-30-11-3-12-31(15-14-30)35(2,33)34/h4-9,16H,3,10-15,18H2,1-2H3,(H,29,32). The monoisotopic (exact) mass is 536 g/mol. The third-order valence-corrected chi connectivity index (χ3v) is 8.58. The molecule has 35 heavy (non-hydrogen) atoms. The fourth-order valence-corrected chi connectivity index (χ4v) is 5.36. The molecule has 0 spiro atoms. The fraction of sp³-hybridized carbons (Fsp3) is 0.440. The Kier molecular flexibility index (Phi) is 9.19. The van der Waals surface area contributed by atoms with Crippen LogP contribution in [0.3, 0.4) is 0 Å². The summed E-state index contributed by atoms with van der Waals surface area (Å²) in [4.78, 5) is 15.7. The Labute approximate surface area is 217 Å². The zero-order chi connectivity index (χ0) is 25.6. The molecular weight excluding hydrogens is 507 g/mol. The van der Waals surface area contributed by atoms with Crippen LogP contribution in [0, 0.1) is 11.3 Å². The van der Waals surface area contributed by atoms with Gasteiger partial charge in [0.2, 0.25) is 15.9 Å². The highest BCUT2D eigenvalue weighted by Gasteiger charge is 2.36. The van der Waals surface area contributed by atoms with Crippen LogP contribution >= 0.6 is 23.2 Å². The Hall–Kier alpha value is -2.15. The van der Waals surface area contributed by atoms with Crippen molar-refractivity contribution in [1.82, 2.24) is 14.5 Å². The van der Waals surface area contributed by atoms with Gasteiger partial charge in [-0.05, 0) is 68.2 Å². The van der Waals surface area contributed by atoms with Crippen LogP contribution in [0.1, 0.15) is 36.5 Å². The van der Waals surface area contributed by atoms with Crippen molar-refractivity contribution in [1.29, 1.82) is 5.26 Å². The molecule has 7 nitrogen and oxygen atoms in total. The highest BCUT2D eigenvalue weighted by Crippen LogP contribution is 2.33. The van der Waals surface area contributed by atoms with E-state index in [0.29, 0.717) is 54.8 Å². The molecule has 1 saturated heterocycles. The summed E-state index contributed by atoms with van der Waals surface area (Å²) in [7, 11) is -3.22. The number of sulfonamides is 1. The van der Waals surface area contributed by atoms with Crippen molar-refractivity contribution < 1.29 is 13.2 Å². The van der Waals surface area contributed by atoms with E-state index in [-0.39, 0.29) is 5.91 Å². The molecule has 0 aromatic heterocycles. The van der Waals surface area contributed by atoms with Crippen molar-refractivity contribution in [2.24, 2.45) is 0 Å². The molecule has 1 heterocycles. The van der Waals surface area contributed by atoms with Crippen LogP contribution in [-0.2, 0) is 26.8 Å². The molecule has 2 aromatic rings. The third kappa shape index (κ3) is 7.18. The summed E-state index contributed by atoms with van der Waals surface area (Å²) in [6, 6.07) is 14.4.